The van der Waals surface area contributed by atoms with Crippen LogP contribution in [0, 0.1) is 0 Å². The Morgan fingerprint density at radius 2 is 1.37 bits per heavy atom. The highest BCUT2D eigenvalue weighted by atomic mass is 32.2. The number of methoxy groups -OCH3 is 3. The number of hydrogen-bond donors (Lipinski definition) is 3. The molecule has 0 bridgehead atoms. The number of nitrogens with zero attached hydrogens (tertiary/aromatic N) is 2. The standard InChI is InChI=1S/C27H31N3O11S2/c1-38-23-12-21(13-24(39-2)25(23)40-3)27(31)30(17-43(35,36)37)26(29-16-42(32,33)34)20-8-10-22(11-9-20)41-15-19-6-4-18(14-28)5-7-19/h4-13H,14-17,28H2,1-3H3,(H,32,33,34)(H,35,36,37). The lowest BCUT2D eigenvalue weighted by atomic mass is 10.1. The summed E-state index contributed by atoms with van der Waals surface area (Å²) in [6.07, 6.45) is 0. The molecule has 4 N–H and O–H groups in total. The lowest BCUT2D eigenvalue weighted by Gasteiger charge is -2.24. The van der Waals surface area contributed by atoms with Gasteiger partial charge in [-0.15, -0.1) is 0 Å². The van der Waals surface area contributed by atoms with Crippen molar-refractivity contribution < 1.29 is 49.7 Å². The minimum atomic E-state index is -4.89. The molecule has 232 valence electrons. The maximum atomic E-state index is 13.7. The van der Waals surface area contributed by atoms with E-state index >= 15 is 0 Å². The molecule has 16 heteroatoms. The number of carbonyl (C=O) groups excluding carboxylic acids is 1. The van der Waals surface area contributed by atoms with Crippen LogP contribution in [0.3, 0.4) is 0 Å². The number of amidine groups is 1. The first-order valence-corrected chi connectivity index (χ1v) is 15.6. The highest BCUT2D eigenvalue weighted by Crippen LogP contribution is 2.38. The third kappa shape index (κ3) is 9.39. The zero-order chi connectivity index (χ0) is 31.8. The van der Waals surface area contributed by atoms with Crippen molar-refractivity contribution in [1.82, 2.24) is 4.90 Å². The van der Waals surface area contributed by atoms with E-state index in [1.807, 2.05) is 24.3 Å². The van der Waals surface area contributed by atoms with Gasteiger partial charge in [-0.2, -0.15) is 16.8 Å². The zero-order valence-electron chi connectivity index (χ0n) is 23.5. The molecule has 1 amide bonds. The summed E-state index contributed by atoms with van der Waals surface area (Å²) in [6.45, 7) is 0.614. The van der Waals surface area contributed by atoms with Gasteiger partial charge in [0.2, 0.25) is 5.75 Å². The van der Waals surface area contributed by atoms with Crippen LogP contribution in [0.2, 0.25) is 0 Å². The molecule has 0 aliphatic carbocycles. The largest absolute Gasteiger partial charge is 0.493 e. The SMILES string of the molecule is COc1cc(C(=O)N(CS(=O)(=O)O)C(=NCS(=O)(=O)O)c2ccc(OCc3ccc(CN)cc3)cc2)cc(OC)c1OC. The van der Waals surface area contributed by atoms with Gasteiger partial charge < -0.3 is 24.7 Å². The number of rotatable bonds is 13. The molecule has 0 saturated heterocycles. The number of hydrogen-bond acceptors (Lipinski definition) is 11. The third-order valence-electron chi connectivity index (χ3n) is 5.86. The molecule has 3 aromatic rings. The average Bonchev–Trinajstić information content (AvgIpc) is 2.98. The smallest absolute Gasteiger partial charge is 0.285 e. The Morgan fingerprint density at radius 1 is 0.814 bits per heavy atom. The van der Waals surface area contributed by atoms with Gasteiger partial charge in [0.05, 0.1) is 21.3 Å². The predicted octanol–water partition coefficient (Wildman–Crippen LogP) is 2.33. The van der Waals surface area contributed by atoms with Crippen molar-refractivity contribution in [2.75, 3.05) is 33.1 Å². The van der Waals surface area contributed by atoms with Crippen LogP contribution in [0.15, 0.2) is 65.7 Å². The molecule has 0 aromatic heterocycles. The second-order valence-corrected chi connectivity index (χ2v) is 11.7. The number of amides is 1. The van der Waals surface area contributed by atoms with Crippen LogP contribution in [-0.4, -0.2) is 75.7 Å². The first kappa shape index (κ1) is 33.3. The molecule has 0 fully saturated rings. The van der Waals surface area contributed by atoms with Crippen LogP contribution in [0.4, 0.5) is 0 Å². The topological polar surface area (TPSA) is 204 Å². The highest BCUT2D eigenvalue weighted by molar-refractivity contribution is 7.86. The van der Waals surface area contributed by atoms with Crippen LogP contribution < -0.4 is 24.7 Å². The van der Waals surface area contributed by atoms with Crippen molar-refractivity contribution in [3.8, 4) is 23.0 Å². The van der Waals surface area contributed by atoms with Crippen molar-refractivity contribution in [1.29, 1.82) is 0 Å². The van der Waals surface area contributed by atoms with Crippen molar-refractivity contribution >= 4 is 32.0 Å². The lowest BCUT2D eigenvalue weighted by molar-refractivity contribution is 0.0860. The second-order valence-electron chi connectivity index (χ2n) is 8.88. The summed E-state index contributed by atoms with van der Waals surface area (Å²) in [4.78, 5) is 18.1. The molecular formula is C27H31N3O11S2. The molecule has 0 saturated carbocycles. The Hall–Kier alpha value is -4.22. The maximum Gasteiger partial charge on any atom is 0.285 e. The summed E-state index contributed by atoms with van der Waals surface area (Å²) in [5.74, 6) is -3.40. The van der Waals surface area contributed by atoms with Crippen molar-refractivity contribution in [3.05, 3.63) is 82.9 Å². The van der Waals surface area contributed by atoms with E-state index in [-0.39, 0.29) is 35.0 Å². The predicted molar refractivity (Wildman–Crippen MR) is 157 cm³/mol. The summed E-state index contributed by atoms with van der Waals surface area (Å²) in [5, 5.41) is 0. The first-order chi connectivity index (χ1) is 20.3. The van der Waals surface area contributed by atoms with E-state index in [0.717, 1.165) is 11.1 Å². The number of carbonyl (C=O) groups is 1. The van der Waals surface area contributed by atoms with Gasteiger partial charge in [-0.05, 0) is 47.5 Å². The fourth-order valence-electron chi connectivity index (χ4n) is 3.85. The van der Waals surface area contributed by atoms with Crippen LogP contribution in [-0.2, 0) is 33.4 Å². The van der Waals surface area contributed by atoms with Gasteiger partial charge in [-0.25, -0.2) is 4.99 Å². The molecule has 43 heavy (non-hydrogen) atoms. The van der Waals surface area contributed by atoms with Crippen LogP contribution in [0.25, 0.3) is 0 Å². The molecule has 0 spiro atoms. The monoisotopic (exact) mass is 637 g/mol. The third-order valence-corrected chi connectivity index (χ3v) is 6.90. The molecule has 0 radical (unpaired) electrons. The average molecular weight is 638 g/mol. The van der Waals surface area contributed by atoms with E-state index in [1.165, 1.54) is 57.7 Å². The van der Waals surface area contributed by atoms with Crippen LogP contribution >= 0.6 is 0 Å². The van der Waals surface area contributed by atoms with E-state index in [9.17, 15) is 30.7 Å². The molecule has 3 rings (SSSR count). The highest BCUT2D eigenvalue weighted by Gasteiger charge is 2.29. The normalized spacial score (nSPS) is 12.0. The van der Waals surface area contributed by atoms with Crippen molar-refractivity contribution in [2.24, 2.45) is 10.7 Å². The van der Waals surface area contributed by atoms with Gasteiger partial charge in [0, 0.05) is 17.7 Å². The maximum absolute atomic E-state index is 13.7. The fraction of sp³-hybridized carbons (Fsp3) is 0.259. The Kier molecular flexibility index (Phi) is 11.1. The number of nitrogens with two attached hydrogens (primary N) is 1. The van der Waals surface area contributed by atoms with Crippen molar-refractivity contribution in [2.45, 2.75) is 13.2 Å². The Balaban J connectivity index is 2.04. The summed E-state index contributed by atoms with van der Waals surface area (Å²) in [5.41, 5.74) is 7.32. The summed E-state index contributed by atoms with van der Waals surface area (Å²) >= 11 is 0. The van der Waals surface area contributed by atoms with Gasteiger partial charge in [0.1, 0.15) is 18.2 Å². The van der Waals surface area contributed by atoms with Gasteiger partial charge in [-0.3, -0.25) is 18.8 Å². The Labute approximate surface area is 249 Å². The molecular weight excluding hydrogens is 606 g/mol. The van der Waals surface area contributed by atoms with E-state index in [2.05, 4.69) is 4.99 Å². The lowest BCUT2D eigenvalue weighted by Crippen LogP contribution is -2.41. The number of benzene rings is 3. The Morgan fingerprint density at radius 3 is 1.84 bits per heavy atom. The zero-order valence-corrected chi connectivity index (χ0v) is 25.1. The molecule has 0 atom stereocenters. The van der Waals surface area contributed by atoms with Crippen LogP contribution in [0.1, 0.15) is 27.0 Å². The van der Waals surface area contributed by atoms with Crippen molar-refractivity contribution in [3.63, 3.8) is 0 Å². The van der Waals surface area contributed by atoms with E-state index in [4.69, 9.17) is 24.7 Å². The van der Waals surface area contributed by atoms with E-state index < -0.39 is 43.7 Å². The molecule has 0 aliphatic rings. The first-order valence-electron chi connectivity index (χ1n) is 12.4. The van der Waals surface area contributed by atoms with E-state index in [1.54, 1.807) is 0 Å². The Bertz CT molecular complexity index is 1650. The quantitative estimate of drug-likeness (QED) is 0.140. The fourth-order valence-corrected chi connectivity index (χ4v) is 4.70. The summed E-state index contributed by atoms with van der Waals surface area (Å²) in [7, 11) is -5.64. The van der Waals surface area contributed by atoms with E-state index in [0.29, 0.717) is 17.2 Å². The van der Waals surface area contributed by atoms with Crippen LogP contribution in [0.5, 0.6) is 23.0 Å². The molecule has 0 aliphatic heterocycles. The van der Waals surface area contributed by atoms with Gasteiger partial charge in [0.15, 0.2) is 23.3 Å². The summed E-state index contributed by atoms with van der Waals surface area (Å²) in [6, 6.07) is 15.7. The second kappa shape index (κ2) is 14.3. The van der Waals surface area contributed by atoms with Gasteiger partial charge >= 0.3 is 0 Å². The summed E-state index contributed by atoms with van der Waals surface area (Å²) < 4.78 is 87.8. The van der Waals surface area contributed by atoms with Gasteiger partial charge in [0.25, 0.3) is 26.1 Å². The molecule has 0 heterocycles. The molecule has 0 unspecified atom stereocenters. The number of aliphatic imine (C=N–C) groups is 1. The minimum Gasteiger partial charge on any atom is -0.493 e. The number of ether oxygens (including phenoxy) is 4. The molecule has 3 aromatic carbocycles. The molecule has 14 nitrogen and oxygen atoms in total. The minimum absolute atomic E-state index is 0.0626. The van der Waals surface area contributed by atoms with Gasteiger partial charge in [-0.1, -0.05) is 24.3 Å².